The van der Waals surface area contributed by atoms with E-state index in [-0.39, 0.29) is 5.82 Å². The van der Waals surface area contributed by atoms with Crippen LogP contribution in [0.15, 0.2) is 54.5 Å². The molecule has 0 amide bonds. The first-order chi connectivity index (χ1) is 13.6. The predicted molar refractivity (Wildman–Crippen MR) is 105 cm³/mol. The Kier molecular flexibility index (Phi) is 5.50. The number of hydrogen-bond donors (Lipinski definition) is 2. The van der Waals surface area contributed by atoms with E-state index in [1.807, 2.05) is 6.08 Å². The van der Waals surface area contributed by atoms with Gasteiger partial charge in [0.2, 0.25) is 5.67 Å². The van der Waals surface area contributed by atoms with Crippen LogP contribution in [0, 0.1) is 0 Å². The summed E-state index contributed by atoms with van der Waals surface area (Å²) in [5.41, 5.74) is 10.0. The van der Waals surface area contributed by atoms with Crippen LogP contribution in [0.3, 0.4) is 0 Å². The number of aromatic nitrogens is 3. The number of nitrogens with two attached hydrogens (primary N) is 2. The summed E-state index contributed by atoms with van der Waals surface area (Å²) in [7, 11) is 0. The number of pyridine rings is 1. The van der Waals surface area contributed by atoms with Gasteiger partial charge in [-0.15, -0.1) is 0 Å². The van der Waals surface area contributed by atoms with Crippen molar-refractivity contribution in [3.8, 4) is 11.1 Å². The number of nitrogen functional groups attached to an aromatic ring is 2. The van der Waals surface area contributed by atoms with Gasteiger partial charge in [-0.25, -0.2) is 14.1 Å². The number of nitrogens with zero attached hydrogens (tertiary/aromatic N) is 3. The molecule has 2 aromatic rings. The molecule has 0 aliphatic heterocycles. The van der Waals surface area contributed by atoms with Crippen molar-refractivity contribution in [3.63, 3.8) is 0 Å². The van der Waals surface area contributed by atoms with E-state index < -0.39 is 17.4 Å². The third-order valence-corrected chi connectivity index (χ3v) is 4.81. The van der Waals surface area contributed by atoms with E-state index >= 15 is 0 Å². The van der Waals surface area contributed by atoms with Gasteiger partial charge in [0.1, 0.15) is 5.82 Å². The second kappa shape index (κ2) is 7.73. The van der Waals surface area contributed by atoms with Crippen LogP contribution in [-0.4, -0.2) is 26.6 Å². The van der Waals surface area contributed by atoms with Gasteiger partial charge in [0, 0.05) is 23.5 Å². The summed E-state index contributed by atoms with van der Waals surface area (Å²) in [5.74, 6) is 0.195. The van der Waals surface area contributed by atoms with Gasteiger partial charge in [-0.3, -0.25) is 0 Å². The molecule has 1 aliphatic carbocycles. The maximum absolute atomic E-state index is 14.4. The Morgan fingerprint density at radius 3 is 2.52 bits per heavy atom. The molecule has 1 atom stereocenters. The zero-order valence-electron chi connectivity index (χ0n) is 15.7. The smallest absolute Gasteiger partial charge is 0.395 e. The van der Waals surface area contributed by atoms with Gasteiger partial charge >= 0.3 is 6.18 Å². The molecule has 1 aliphatic rings. The van der Waals surface area contributed by atoms with E-state index in [0.29, 0.717) is 48.7 Å². The summed E-state index contributed by atoms with van der Waals surface area (Å²) >= 11 is 0. The van der Waals surface area contributed by atoms with Gasteiger partial charge in [0.15, 0.2) is 0 Å². The van der Waals surface area contributed by atoms with Crippen LogP contribution in [0.4, 0.5) is 29.1 Å². The van der Waals surface area contributed by atoms with Crippen LogP contribution in [0.1, 0.15) is 26.2 Å². The molecule has 0 saturated carbocycles. The second-order valence-corrected chi connectivity index (χ2v) is 6.88. The topological polar surface area (TPSA) is 82.8 Å². The van der Waals surface area contributed by atoms with Crippen molar-refractivity contribution < 1.29 is 17.6 Å². The van der Waals surface area contributed by atoms with Crippen molar-refractivity contribution in [1.29, 1.82) is 0 Å². The molecule has 0 saturated heterocycles. The molecule has 1 unspecified atom stereocenters. The van der Waals surface area contributed by atoms with Crippen LogP contribution in [0.25, 0.3) is 16.8 Å². The molecule has 0 bridgehead atoms. The number of hydrogen-bond acceptors (Lipinski definition) is 4. The predicted octanol–water partition coefficient (Wildman–Crippen LogP) is 4.91. The van der Waals surface area contributed by atoms with Crippen LogP contribution in [0.2, 0.25) is 0 Å². The lowest BCUT2D eigenvalue weighted by atomic mass is 9.95. The van der Waals surface area contributed by atoms with Crippen molar-refractivity contribution in [2.24, 2.45) is 0 Å². The first-order valence-electron chi connectivity index (χ1n) is 9.01. The Morgan fingerprint density at radius 2 is 1.79 bits per heavy atom. The molecular formula is C20H21F4N5. The molecule has 5 nitrogen and oxygen atoms in total. The summed E-state index contributed by atoms with van der Waals surface area (Å²) in [6, 6.07) is 1.69. The largest absolute Gasteiger partial charge is 0.426 e. The van der Waals surface area contributed by atoms with E-state index in [4.69, 9.17) is 11.5 Å². The number of rotatable bonds is 3. The van der Waals surface area contributed by atoms with Crippen LogP contribution in [-0.2, 0) is 0 Å². The molecule has 29 heavy (non-hydrogen) atoms. The molecule has 0 fully saturated rings. The molecule has 2 heterocycles. The fraction of sp³-hybridized carbons (Fsp3) is 0.300. The zero-order chi connectivity index (χ0) is 21.2. The van der Waals surface area contributed by atoms with Gasteiger partial charge in [-0.05, 0) is 43.9 Å². The fourth-order valence-electron chi connectivity index (χ4n) is 2.96. The summed E-state index contributed by atoms with van der Waals surface area (Å²) in [4.78, 5) is 3.92. The van der Waals surface area contributed by atoms with E-state index in [1.165, 1.54) is 23.0 Å². The second-order valence-electron chi connectivity index (χ2n) is 6.88. The van der Waals surface area contributed by atoms with E-state index in [9.17, 15) is 17.6 Å². The Bertz CT molecular complexity index is 983. The lowest BCUT2D eigenvalue weighted by Crippen LogP contribution is -2.39. The van der Waals surface area contributed by atoms with Gasteiger partial charge in [0.05, 0.1) is 17.6 Å². The molecule has 3 rings (SSSR count). The minimum absolute atomic E-state index is 0.195. The molecule has 2 aromatic heterocycles. The SMILES string of the molecule is CC(F)(C1=C/CCCC=C(n2cc(-c3ccnc(N)c3N)cn2)/C=C\1)C(F)(F)F. The van der Waals surface area contributed by atoms with Gasteiger partial charge in [-0.1, -0.05) is 18.2 Å². The summed E-state index contributed by atoms with van der Waals surface area (Å²) < 4.78 is 55.3. The average molecular weight is 407 g/mol. The summed E-state index contributed by atoms with van der Waals surface area (Å²) in [6.07, 6.45) is 7.05. The van der Waals surface area contributed by atoms with Crippen molar-refractivity contribution in [2.45, 2.75) is 38.0 Å². The highest BCUT2D eigenvalue weighted by atomic mass is 19.4. The van der Waals surface area contributed by atoms with Crippen molar-refractivity contribution in [2.75, 3.05) is 11.5 Å². The molecule has 0 radical (unpaired) electrons. The maximum atomic E-state index is 14.4. The Balaban J connectivity index is 1.94. The van der Waals surface area contributed by atoms with Crippen LogP contribution in [0.5, 0.6) is 0 Å². The van der Waals surface area contributed by atoms with E-state index in [2.05, 4.69) is 10.1 Å². The lowest BCUT2D eigenvalue weighted by Gasteiger charge is -2.25. The third-order valence-electron chi connectivity index (χ3n) is 4.81. The van der Waals surface area contributed by atoms with Crippen molar-refractivity contribution in [3.05, 3.63) is 54.5 Å². The van der Waals surface area contributed by atoms with Gasteiger partial charge in [0.25, 0.3) is 0 Å². The molecular weight excluding hydrogens is 386 g/mol. The van der Waals surface area contributed by atoms with Crippen molar-refractivity contribution in [1.82, 2.24) is 14.8 Å². The van der Waals surface area contributed by atoms with E-state index in [1.54, 1.807) is 18.5 Å². The number of anilines is 2. The standard InChI is InChI=1S/C20H21F4N5/c1-19(21,20(22,23)24)14-5-3-2-4-6-15(8-7-14)29-12-13(11-28-29)16-9-10-27-18(26)17(16)25/h5-12H,2-4,25H2,1H3,(H2,26,27)/b8-7-,14-5+,15-6?. The van der Waals surface area contributed by atoms with Crippen LogP contribution < -0.4 is 11.5 Å². The van der Waals surface area contributed by atoms with Gasteiger partial charge in [-0.2, -0.15) is 18.3 Å². The highest BCUT2D eigenvalue weighted by Gasteiger charge is 2.53. The maximum Gasteiger partial charge on any atom is 0.426 e. The molecule has 9 heteroatoms. The summed E-state index contributed by atoms with van der Waals surface area (Å²) in [6.45, 7) is 0.535. The monoisotopic (exact) mass is 407 g/mol. The summed E-state index contributed by atoms with van der Waals surface area (Å²) in [5, 5.41) is 4.27. The Labute approximate surface area is 165 Å². The van der Waals surface area contributed by atoms with Crippen LogP contribution >= 0.6 is 0 Å². The Morgan fingerprint density at radius 1 is 1.07 bits per heavy atom. The first-order valence-corrected chi connectivity index (χ1v) is 9.01. The molecule has 0 spiro atoms. The highest BCUT2D eigenvalue weighted by molar-refractivity contribution is 5.82. The number of halogens is 4. The number of allylic oxidation sites excluding steroid dienone is 6. The first kappa shape index (κ1) is 20.6. The normalized spacial score (nSPS) is 20.4. The average Bonchev–Trinajstić information content (AvgIpc) is 3.15. The zero-order valence-corrected chi connectivity index (χ0v) is 15.7. The highest BCUT2D eigenvalue weighted by Crippen LogP contribution is 2.40. The lowest BCUT2D eigenvalue weighted by molar-refractivity contribution is -0.208. The molecule has 154 valence electrons. The fourth-order valence-corrected chi connectivity index (χ4v) is 2.96. The van der Waals surface area contributed by atoms with E-state index in [0.717, 1.165) is 6.08 Å². The minimum atomic E-state index is -5.00. The minimum Gasteiger partial charge on any atom is -0.395 e. The third kappa shape index (κ3) is 4.18. The molecule has 0 aromatic carbocycles. The molecule has 4 N–H and O–H groups in total. The van der Waals surface area contributed by atoms with Crippen molar-refractivity contribution >= 4 is 17.2 Å². The quantitative estimate of drug-likeness (QED) is 0.709. The van der Waals surface area contributed by atoms with Gasteiger partial charge < -0.3 is 11.5 Å². The Hall–Kier alpha value is -3.10. The number of alkyl halides is 4.